The molecule has 1 aromatic heterocycles. The molecule has 1 unspecified atom stereocenters. The van der Waals surface area contributed by atoms with Gasteiger partial charge in [-0.15, -0.1) is 0 Å². The van der Waals surface area contributed by atoms with E-state index in [-0.39, 0.29) is 12.3 Å². The first-order chi connectivity index (χ1) is 8.75. The fourth-order valence-corrected chi connectivity index (χ4v) is 1.89. The molecule has 1 saturated heterocycles. The lowest BCUT2D eigenvalue weighted by atomic mass is 10.2. The van der Waals surface area contributed by atoms with E-state index in [1.54, 1.807) is 24.3 Å². The van der Waals surface area contributed by atoms with E-state index in [0.717, 1.165) is 25.9 Å². The fraction of sp³-hybridized carbons (Fsp3) is 0.538. The quantitative estimate of drug-likeness (QED) is 0.877. The number of carbonyl (C=O) groups is 1. The van der Waals surface area contributed by atoms with Crippen LogP contribution in [-0.4, -0.2) is 42.3 Å². The number of ether oxygens (including phenoxy) is 1. The number of nitrogens with one attached hydrogen (secondary N) is 1. The molecule has 98 valence electrons. The van der Waals surface area contributed by atoms with E-state index < -0.39 is 0 Å². The zero-order chi connectivity index (χ0) is 12.8. The van der Waals surface area contributed by atoms with Crippen molar-refractivity contribution in [3.8, 4) is 0 Å². The normalized spacial score (nSPS) is 18.6. The smallest absolute Gasteiger partial charge is 0.319 e. The third kappa shape index (κ3) is 3.70. The largest absolute Gasteiger partial charge is 0.358 e. The first-order valence-corrected chi connectivity index (χ1v) is 6.28. The number of nitrogens with zero attached hydrogens (tertiary/aromatic N) is 2. The van der Waals surface area contributed by atoms with Gasteiger partial charge in [0.1, 0.15) is 6.23 Å². The molecule has 18 heavy (non-hydrogen) atoms. The molecule has 2 rings (SSSR count). The van der Waals surface area contributed by atoms with Crippen LogP contribution < -0.4 is 5.32 Å². The molecule has 1 atom stereocenters. The molecule has 0 bridgehead atoms. The Labute approximate surface area is 107 Å². The molecule has 0 aliphatic carbocycles. The van der Waals surface area contributed by atoms with Crippen molar-refractivity contribution in [3.05, 3.63) is 30.1 Å². The van der Waals surface area contributed by atoms with Crippen LogP contribution in [0.5, 0.6) is 0 Å². The van der Waals surface area contributed by atoms with Crippen molar-refractivity contribution in [1.29, 1.82) is 0 Å². The standard InChI is InChI=1S/C13H19N3O2/c1-16(9-6-11-4-7-14-8-5-11)13(17)15-12-3-2-10-18-12/h4-5,7-8,12H,2-3,6,9-10H2,1H3,(H,15,17). The molecule has 5 heteroatoms. The Morgan fingerprint density at radius 1 is 1.56 bits per heavy atom. The Kier molecular flexibility index (Phi) is 4.52. The van der Waals surface area contributed by atoms with Gasteiger partial charge in [0.05, 0.1) is 0 Å². The minimum atomic E-state index is -0.110. The number of hydrogen-bond acceptors (Lipinski definition) is 3. The average molecular weight is 249 g/mol. The summed E-state index contributed by atoms with van der Waals surface area (Å²) in [6.07, 6.45) is 6.18. The van der Waals surface area contributed by atoms with Crippen LogP contribution in [0.4, 0.5) is 4.79 Å². The molecule has 1 N–H and O–H groups in total. The van der Waals surface area contributed by atoms with Crippen LogP contribution >= 0.6 is 0 Å². The second kappa shape index (κ2) is 6.35. The number of rotatable bonds is 4. The van der Waals surface area contributed by atoms with Crippen molar-refractivity contribution in [2.75, 3.05) is 20.2 Å². The van der Waals surface area contributed by atoms with Gasteiger partial charge in [-0.1, -0.05) is 0 Å². The maximum atomic E-state index is 11.8. The molecule has 0 saturated carbocycles. The third-order valence-corrected chi connectivity index (χ3v) is 3.05. The Balaban J connectivity index is 1.73. The van der Waals surface area contributed by atoms with Crippen LogP contribution in [0.15, 0.2) is 24.5 Å². The van der Waals surface area contributed by atoms with Gasteiger partial charge in [0.2, 0.25) is 0 Å². The van der Waals surface area contributed by atoms with Crippen molar-refractivity contribution in [1.82, 2.24) is 15.2 Å². The summed E-state index contributed by atoms with van der Waals surface area (Å²) in [5.74, 6) is 0. The molecule has 0 aromatic carbocycles. The summed E-state index contributed by atoms with van der Waals surface area (Å²) in [7, 11) is 1.80. The molecule has 0 spiro atoms. The van der Waals surface area contributed by atoms with Crippen LogP contribution in [0.25, 0.3) is 0 Å². The van der Waals surface area contributed by atoms with Gasteiger partial charge in [-0.25, -0.2) is 4.79 Å². The number of urea groups is 1. The zero-order valence-electron chi connectivity index (χ0n) is 10.6. The highest BCUT2D eigenvalue weighted by Crippen LogP contribution is 2.09. The van der Waals surface area contributed by atoms with Gasteiger partial charge >= 0.3 is 6.03 Å². The van der Waals surface area contributed by atoms with Gasteiger partial charge in [0.25, 0.3) is 0 Å². The predicted molar refractivity (Wildman–Crippen MR) is 68.1 cm³/mol. The molecule has 2 heterocycles. The van der Waals surface area contributed by atoms with Gasteiger partial charge in [-0.2, -0.15) is 0 Å². The first-order valence-electron chi connectivity index (χ1n) is 6.28. The van der Waals surface area contributed by atoms with Gasteiger partial charge < -0.3 is 15.0 Å². The van der Waals surface area contributed by atoms with Crippen LogP contribution in [0.2, 0.25) is 0 Å². The molecule has 1 aliphatic rings. The third-order valence-electron chi connectivity index (χ3n) is 3.05. The Morgan fingerprint density at radius 2 is 2.33 bits per heavy atom. The number of likely N-dealkylation sites (N-methyl/N-ethyl adjacent to an activating group) is 1. The summed E-state index contributed by atoms with van der Waals surface area (Å²) in [5.41, 5.74) is 1.18. The van der Waals surface area contributed by atoms with Crippen molar-refractivity contribution >= 4 is 6.03 Å². The average Bonchev–Trinajstić information content (AvgIpc) is 2.90. The molecule has 1 aromatic rings. The zero-order valence-corrected chi connectivity index (χ0v) is 10.6. The molecular weight excluding hydrogens is 230 g/mol. The summed E-state index contributed by atoms with van der Waals surface area (Å²) in [4.78, 5) is 17.5. The van der Waals surface area contributed by atoms with Crippen molar-refractivity contribution < 1.29 is 9.53 Å². The lowest BCUT2D eigenvalue weighted by Gasteiger charge is -2.20. The van der Waals surface area contributed by atoms with Crippen molar-refractivity contribution in [2.45, 2.75) is 25.5 Å². The van der Waals surface area contributed by atoms with Crippen molar-refractivity contribution in [2.24, 2.45) is 0 Å². The SMILES string of the molecule is CN(CCc1ccncc1)C(=O)NC1CCCO1. The molecule has 1 fully saturated rings. The van der Waals surface area contributed by atoms with E-state index in [1.165, 1.54) is 5.56 Å². The summed E-state index contributed by atoms with van der Waals surface area (Å²) < 4.78 is 5.37. The van der Waals surface area contributed by atoms with E-state index >= 15 is 0 Å². The summed E-state index contributed by atoms with van der Waals surface area (Å²) in [5, 5.41) is 2.87. The lowest BCUT2D eigenvalue weighted by Crippen LogP contribution is -2.43. The van der Waals surface area contributed by atoms with E-state index in [9.17, 15) is 4.79 Å². The highest BCUT2D eigenvalue weighted by atomic mass is 16.5. The Hall–Kier alpha value is -1.62. The van der Waals surface area contributed by atoms with E-state index in [4.69, 9.17) is 4.74 Å². The highest BCUT2D eigenvalue weighted by Gasteiger charge is 2.19. The van der Waals surface area contributed by atoms with Crippen LogP contribution in [-0.2, 0) is 11.2 Å². The number of pyridine rings is 1. The van der Waals surface area contributed by atoms with E-state index in [0.29, 0.717) is 6.54 Å². The van der Waals surface area contributed by atoms with Crippen LogP contribution in [0.3, 0.4) is 0 Å². The van der Waals surface area contributed by atoms with Crippen molar-refractivity contribution in [3.63, 3.8) is 0 Å². The van der Waals surface area contributed by atoms with Gasteiger partial charge in [-0.05, 0) is 37.0 Å². The molecule has 5 nitrogen and oxygen atoms in total. The maximum Gasteiger partial charge on any atom is 0.319 e. The van der Waals surface area contributed by atoms with Crippen LogP contribution in [0, 0.1) is 0 Å². The first kappa shape index (κ1) is 12.8. The van der Waals surface area contributed by atoms with E-state index in [2.05, 4.69) is 10.3 Å². The minimum Gasteiger partial charge on any atom is -0.358 e. The predicted octanol–water partition coefficient (Wildman–Crippen LogP) is 1.40. The van der Waals surface area contributed by atoms with Gasteiger partial charge in [0, 0.05) is 32.6 Å². The second-order valence-electron chi connectivity index (χ2n) is 4.48. The number of hydrogen-bond donors (Lipinski definition) is 1. The fourth-order valence-electron chi connectivity index (χ4n) is 1.89. The Bertz CT molecular complexity index is 377. The lowest BCUT2D eigenvalue weighted by molar-refractivity contribution is 0.0852. The molecule has 1 aliphatic heterocycles. The van der Waals surface area contributed by atoms with Gasteiger partial charge in [-0.3, -0.25) is 4.98 Å². The topological polar surface area (TPSA) is 54.5 Å². The maximum absolute atomic E-state index is 11.8. The monoisotopic (exact) mass is 249 g/mol. The molecular formula is C13H19N3O2. The number of carbonyl (C=O) groups excluding carboxylic acids is 1. The summed E-state index contributed by atoms with van der Waals surface area (Å²) >= 11 is 0. The molecule has 2 amide bonds. The van der Waals surface area contributed by atoms with Gasteiger partial charge in [0.15, 0.2) is 0 Å². The second-order valence-corrected chi connectivity index (χ2v) is 4.48. The Morgan fingerprint density at radius 3 is 3.00 bits per heavy atom. The van der Waals surface area contributed by atoms with E-state index in [1.807, 2.05) is 12.1 Å². The number of amides is 2. The molecule has 0 radical (unpaired) electrons. The van der Waals surface area contributed by atoms with Crippen LogP contribution in [0.1, 0.15) is 18.4 Å². The number of aromatic nitrogens is 1. The minimum absolute atomic E-state index is 0.0732. The summed E-state index contributed by atoms with van der Waals surface area (Å²) in [6, 6.07) is 3.86. The highest BCUT2D eigenvalue weighted by molar-refractivity contribution is 5.74. The summed E-state index contributed by atoms with van der Waals surface area (Å²) in [6.45, 7) is 1.42.